The highest BCUT2D eigenvalue weighted by Gasteiger charge is 2.26. The molecule has 100 valence electrons. The van der Waals surface area contributed by atoms with Gasteiger partial charge >= 0.3 is 0 Å². The molecule has 0 amide bonds. The molecule has 1 heterocycles. The van der Waals surface area contributed by atoms with Gasteiger partial charge in [0, 0.05) is 41.9 Å². The van der Waals surface area contributed by atoms with Crippen molar-refractivity contribution in [3.8, 4) is 0 Å². The molecular weight excluding hydrogens is 290 g/mol. The van der Waals surface area contributed by atoms with Crippen LogP contribution in [-0.2, 0) is 6.54 Å². The van der Waals surface area contributed by atoms with Crippen molar-refractivity contribution in [1.29, 1.82) is 0 Å². The van der Waals surface area contributed by atoms with Crippen molar-refractivity contribution in [3.63, 3.8) is 0 Å². The van der Waals surface area contributed by atoms with E-state index >= 15 is 0 Å². The number of nitrogen functional groups attached to an aromatic ring is 1. The van der Waals surface area contributed by atoms with E-state index in [9.17, 15) is 0 Å². The largest absolute Gasteiger partial charge is 0.399 e. The lowest BCUT2D eigenvalue weighted by molar-refractivity contribution is 0.0555. The van der Waals surface area contributed by atoms with Crippen molar-refractivity contribution >= 4 is 21.6 Å². The van der Waals surface area contributed by atoms with Gasteiger partial charge in [0.2, 0.25) is 0 Å². The number of likely N-dealkylation sites (N-methyl/N-ethyl adjacent to an activating group) is 1. The fraction of sp³-hybridized carbons (Fsp3) is 0.571. The molecule has 1 fully saturated rings. The fourth-order valence-electron chi connectivity index (χ4n) is 2.58. The molecule has 2 rings (SSSR count). The van der Waals surface area contributed by atoms with Crippen LogP contribution in [0.3, 0.4) is 0 Å². The summed E-state index contributed by atoms with van der Waals surface area (Å²) in [7, 11) is 2.21. The Morgan fingerprint density at radius 1 is 1.28 bits per heavy atom. The maximum Gasteiger partial charge on any atom is 0.0325 e. The summed E-state index contributed by atoms with van der Waals surface area (Å²) in [5.74, 6) is 0. The van der Waals surface area contributed by atoms with Crippen molar-refractivity contribution < 1.29 is 0 Å². The minimum absolute atomic E-state index is 0.612. The van der Waals surface area contributed by atoms with Gasteiger partial charge in [-0.2, -0.15) is 0 Å². The summed E-state index contributed by atoms with van der Waals surface area (Å²) in [6, 6.07) is 7.30. The van der Waals surface area contributed by atoms with Gasteiger partial charge in [0.15, 0.2) is 0 Å². The highest BCUT2D eigenvalue weighted by atomic mass is 79.9. The van der Waals surface area contributed by atoms with Crippen molar-refractivity contribution in [3.05, 3.63) is 28.2 Å². The first-order valence-corrected chi connectivity index (χ1v) is 7.25. The van der Waals surface area contributed by atoms with Gasteiger partial charge in [-0.25, -0.2) is 0 Å². The molecule has 2 N–H and O–H groups in total. The van der Waals surface area contributed by atoms with Crippen LogP contribution in [0.25, 0.3) is 0 Å². The summed E-state index contributed by atoms with van der Waals surface area (Å²) >= 11 is 3.60. The van der Waals surface area contributed by atoms with Crippen LogP contribution in [0.1, 0.15) is 19.4 Å². The van der Waals surface area contributed by atoms with Gasteiger partial charge in [-0.3, -0.25) is 9.80 Å². The lowest BCUT2D eigenvalue weighted by atomic mass is 10.1. The van der Waals surface area contributed by atoms with Gasteiger partial charge in [-0.15, -0.1) is 0 Å². The summed E-state index contributed by atoms with van der Waals surface area (Å²) in [6.45, 7) is 7.82. The summed E-state index contributed by atoms with van der Waals surface area (Å²) in [6.07, 6.45) is 0. The molecule has 1 aromatic rings. The average molecular weight is 312 g/mol. The van der Waals surface area contributed by atoms with Crippen LogP contribution in [0.2, 0.25) is 0 Å². The molecule has 18 heavy (non-hydrogen) atoms. The van der Waals surface area contributed by atoms with Gasteiger partial charge in [0.1, 0.15) is 0 Å². The Balaban J connectivity index is 2.05. The molecular formula is C14H22BrN3. The van der Waals surface area contributed by atoms with E-state index in [1.165, 1.54) is 5.56 Å². The third kappa shape index (κ3) is 3.05. The van der Waals surface area contributed by atoms with E-state index in [1.807, 2.05) is 12.1 Å². The summed E-state index contributed by atoms with van der Waals surface area (Å²) in [4.78, 5) is 4.97. The molecule has 0 radical (unpaired) electrons. The number of nitrogens with two attached hydrogens (primary N) is 1. The molecule has 0 aliphatic carbocycles. The molecule has 0 saturated carbocycles. The number of anilines is 1. The second-order valence-electron chi connectivity index (χ2n) is 5.41. The zero-order chi connectivity index (χ0) is 13.3. The Bertz CT molecular complexity index is 410. The third-order valence-electron chi connectivity index (χ3n) is 3.91. The van der Waals surface area contributed by atoms with Crippen LogP contribution in [0.15, 0.2) is 22.7 Å². The van der Waals surface area contributed by atoms with Crippen molar-refractivity contribution in [2.75, 3.05) is 25.9 Å². The van der Waals surface area contributed by atoms with Crippen LogP contribution < -0.4 is 5.73 Å². The van der Waals surface area contributed by atoms with Crippen LogP contribution in [0, 0.1) is 0 Å². The second kappa shape index (κ2) is 5.59. The van der Waals surface area contributed by atoms with Crippen LogP contribution in [0.5, 0.6) is 0 Å². The average Bonchev–Trinajstić information content (AvgIpc) is 2.29. The summed E-state index contributed by atoms with van der Waals surface area (Å²) in [5.41, 5.74) is 7.90. The highest BCUT2D eigenvalue weighted by molar-refractivity contribution is 9.10. The first kappa shape index (κ1) is 13.8. The molecule has 0 aromatic heterocycles. The fourth-order valence-corrected chi connectivity index (χ4v) is 3.10. The number of hydrogen-bond acceptors (Lipinski definition) is 3. The number of rotatable bonds is 2. The Morgan fingerprint density at radius 3 is 2.44 bits per heavy atom. The Morgan fingerprint density at radius 2 is 1.89 bits per heavy atom. The monoisotopic (exact) mass is 311 g/mol. The van der Waals surface area contributed by atoms with Crippen molar-refractivity contribution in [2.45, 2.75) is 32.5 Å². The molecule has 0 spiro atoms. The maximum atomic E-state index is 5.77. The van der Waals surface area contributed by atoms with Crippen LogP contribution in [0.4, 0.5) is 5.69 Å². The Hall–Kier alpha value is -0.580. The maximum absolute atomic E-state index is 5.77. The predicted molar refractivity (Wildman–Crippen MR) is 80.5 cm³/mol. The van der Waals surface area contributed by atoms with E-state index < -0.39 is 0 Å². The molecule has 0 bridgehead atoms. The van der Waals surface area contributed by atoms with Crippen molar-refractivity contribution in [2.24, 2.45) is 0 Å². The normalized spacial score (nSPS) is 26.4. The van der Waals surface area contributed by atoms with E-state index in [4.69, 9.17) is 5.73 Å². The quantitative estimate of drug-likeness (QED) is 0.852. The smallest absolute Gasteiger partial charge is 0.0325 e. The molecule has 1 saturated heterocycles. The van der Waals surface area contributed by atoms with Crippen LogP contribution >= 0.6 is 15.9 Å². The lowest BCUT2D eigenvalue weighted by Crippen LogP contribution is -2.54. The van der Waals surface area contributed by atoms with Crippen LogP contribution in [-0.4, -0.2) is 42.0 Å². The van der Waals surface area contributed by atoms with Gasteiger partial charge in [-0.05, 0) is 38.6 Å². The number of piperazine rings is 1. The first-order valence-electron chi connectivity index (χ1n) is 6.45. The lowest BCUT2D eigenvalue weighted by Gasteiger charge is -2.42. The Labute approximate surface area is 118 Å². The molecule has 1 aliphatic heterocycles. The predicted octanol–water partition coefficient (Wildman–Crippen LogP) is 2.56. The highest BCUT2D eigenvalue weighted by Crippen LogP contribution is 2.23. The van der Waals surface area contributed by atoms with E-state index in [0.29, 0.717) is 12.1 Å². The van der Waals surface area contributed by atoms with E-state index in [1.54, 1.807) is 0 Å². The molecule has 2 unspecified atom stereocenters. The van der Waals surface area contributed by atoms with Gasteiger partial charge in [-0.1, -0.05) is 22.0 Å². The van der Waals surface area contributed by atoms with Crippen molar-refractivity contribution in [1.82, 2.24) is 9.80 Å². The van der Waals surface area contributed by atoms with E-state index in [2.05, 4.69) is 52.7 Å². The SMILES string of the molecule is CC1CN(Cc2ccc(N)cc2Br)CC(C)N1C. The molecule has 2 atom stereocenters. The Kier molecular flexibility index (Phi) is 4.30. The van der Waals surface area contributed by atoms with Gasteiger partial charge < -0.3 is 5.73 Å². The second-order valence-corrected chi connectivity index (χ2v) is 6.26. The minimum Gasteiger partial charge on any atom is -0.399 e. The van der Waals surface area contributed by atoms with Gasteiger partial charge in [0.25, 0.3) is 0 Å². The minimum atomic E-state index is 0.612. The summed E-state index contributed by atoms with van der Waals surface area (Å²) < 4.78 is 1.11. The summed E-state index contributed by atoms with van der Waals surface area (Å²) in [5, 5.41) is 0. The number of halogens is 1. The zero-order valence-corrected chi connectivity index (χ0v) is 12.9. The molecule has 4 heteroatoms. The number of hydrogen-bond donors (Lipinski definition) is 1. The molecule has 1 aliphatic rings. The number of nitrogens with zero attached hydrogens (tertiary/aromatic N) is 2. The first-order chi connectivity index (χ1) is 8.47. The topological polar surface area (TPSA) is 32.5 Å². The van der Waals surface area contributed by atoms with E-state index in [0.717, 1.165) is 29.8 Å². The zero-order valence-electron chi connectivity index (χ0n) is 11.4. The third-order valence-corrected chi connectivity index (χ3v) is 4.64. The molecule has 3 nitrogen and oxygen atoms in total. The number of benzene rings is 1. The van der Waals surface area contributed by atoms with Gasteiger partial charge in [0.05, 0.1) is 0 Å². The standard InChI is InChI=1S/C14H22BrN3/c1-10-7-18(8-11(2)17(10)3)9-12-4-5-13(16)6-14(12)15/h4-6,10-11H,7-9,16H2,1-3H3. The molecule has 1 aromatic carbocycles. The van der Waals surface area contributed by atoms with E-state index in [-0.39, 0.29) is 0 Å².